The van der Waals surface area contributed by atoms with Crippen LogP contribution in [0.25, 0.3) is 11.3 Å². The van der Waals surface area contributed by atoms with Crippen LogP contribution in [0.3, 0.4) is 0 Å². The standard InChI is InChI=1S/C19H24N4O3S2/c1-12-8-15(13(2)23(12)9-14-4-3-6-26-14)16-11-28-18(20-16)21-17(24)10-22-5-7-27-19(22)25/h8,11,14H,3-7,9-10H2,1-2H3,(H,20,21,24). The number of rotatable bonds is 6. The molecule has 0 aromatic carbocycles. The van der Waals surface area contributed by atoms with Crippen LogP contribution in [0.4, 0.5) is 9.93 Å². The minimum atomic E-state index is -0.208. The second-order valence-electron chi connectivity index (χ2n) is 7.15. The van der Waals surface area contributed by atoms with Gasteiger partial charge in [-0.2, -0.15) is 0 Å². The van der Waals surface area contributed by atoms with Crippen molar-refractivity contribution in [2.75, 3.05) is 30.8 Å². The lowest BCUT2D eigenvalue weighted by atomic mass is 10.2. The van der Waals surface area contributed by atoms with Crippen LogP contribution in [0, 0.1) is 13.8 Å². The molecule has 2 amide bonds. The van der Waals surface area contributed by atoms with E-state index in [0.717, 1.165) is 48.7 Å². The molecule has 28 heavy (non-hydrogen) atoms. The summed E-state index contributed by atoms with van der Waals surface area (Å²) in [5.74, 6) is 0.537. The van der Waals surface area contributed by atoms with Gasteiger partial charge >= 0.3 is 0 Å². The van der Waals surface area contributed by atoms with Gasteiger partial charge in [0.25, 0.3) is 5.24 Å². The summed E-state index contributed by atoms with van der Waals surface area (Å²) >= 11 is 2.66. The topological polar surface area (TPSA) is 76.5 Å². The second-order valence-corrected chi connectivity index (χ2v) is 9.06. The highest BCUT2D eigenvalue weighted by atomic mass is 32.2. The molecule has 150 valence electrons. The zero-order chi connectivity index (χ0) is 19.7. The maximum atomic E-state index is 12.2. The van der Waals surface area contributed by atoms with Crippen molar-refractivity contribution in [2.24, 2.45) is 0 Å². The SMILES string of the molecule is Cc1cc(-c2csc(NC(=O)CN3CCSC3=O)n2)c(C)n1CC1CCCO1. The van der Waals surface area contributed by atoms with Crippen LogP contribution in [-0.2, 0) is 16.1 Å². The average Bonchev–Trinajstić information content (AvgIpc) is 3.43. The first-order chi connectivity index (χ1) is 13.5. The zero-order valence-corrected chi connectivity index (χ0v) is 17.7. The summed E-state index contributed by atoms with van der Waals surface area (Å²) in [4.78, 5) is 30.0. The molecule has 2 aliphatic rings. The van der Waals surface area contributed by atoms with Crippen LogP contribution in [0.15, 0.2) is 11.4 Å². The molecular formula is C19H24N4O3S2. The third kappa shape index (κ3) is 4.11. The summed E-state index contributed by atoms with van der Waals surface area (Å²) in [6, 6.07) is 2.14. The van der Waals surface area contributed by atoms with E-state index in [4.69, 9.17) is 4.74 Å². The summed E-state index contributed by atoms with van der Waals surface area (Å²) in [6.45, 7) is 6.63. The van der Waals surface area contributed by atoms with Crippen molar-refractivity contribution >= 4 is 39.4 Å². The van der Waals surface area contributed by atoms with E-state index >= 15 is 0 Å². The molecule has 2 aromatic rings. The van der Waals surface area contributed by atoms with Gasteiger partial charge in [0.05, 0.1) is 11.8 Å². The van der Waals surface area contributed by atoms with Gasteiger partial charge in [-0.15, -0.1) is 11.3 Å². The summed E-state index contributed by atoms with van der Waals surface area (Å²) < 4.78 is 8.07. The first-order valence-electron chi connectivity index (χ1n) is 9.47. The van der Waals surface area contributed by atoms with Gasteiger partial charge in [-0.25, -0.2) is 4.98 Å². The van der Waals surface area contributed by atoms with E-state index in [1.807, 2.05) is 5.38 Å². The van der Waals surface area contributed by atoms with Gasteiger partial charge in [-0.05, 0) is 32.8 Å². The lowest BCUT2D eigenvalue weighted by Crippen LogP contribution is -2.33. The van der Waals surface area contributed by atoms with Gasteiger partial charge < -0.3 is 19.5 Å². The van der Waals surface area contributed by atoms with Crippen LogP contribution < -0.4 is 5.32 Å². The number of nitrogens with one attached hydrogen (secondary N) is 1. The molecule has 0 saturated carbocycles. The number of aryl methyl sites for hydroxylation is 1. The number of thiazole rings is 1. The first-order valence-corrected chi connectivity index (χ1v) is 11.3. The van der Waals surface area contributed by atoms with Gasteiger partial charge in [-0.1, -0.05) is 11.8 Å². The molecule has 2 fully saturated rings. The van der Waals surface area contributed by atoms with E-state index in [2.05, 4.69) is 34.8 Å². The van der Waals surface area contributed by atoms with E-state index in [-0.39, 0.29) is 23.8 Å². The van der Waals surface area contributed by atoms with Gasteiger partial charge in [0.1, 0.15) is 6.54 Å². The molecular weight excluding hydrogens is 396 g/mol. The highest BCUT2D eigenvalue weighted by molar-refractivity contribution is 8.13. The number of carbonyl (C=O) groups is 2. The molecule has 4 heterocycles. The number of ether oxygens (including phenoxy) is 1. The molecule has 4 rings (SSSR count). The molecule has 9 heteroatoms. The van der Waals surface area contributed by atoms with Crippen LogP contribution in [0.2, 0.25) is 0 Å². The van der Waals surface area contributed by atoms with Crippen molar-refractivity contribution in [3.63, 3.8) is 0 Å². The molecule has 2 aliphatic heterocycles. The quantitative estimate of drug-likeness (QED) is 0.774. The summed E-state index contributed by atoms with van der Waals surface area (Å²) in [6.07, 6.45) is 2.53. The fourth-order valence-corrected chi connectivity index (χ4v) is 5.24. The van der Waals surface area contributed by atoms with Crippen LogP contribution >= 0.6 is 23.1 Å². The van der Waals surface area contributed by atoms with Gasteiger partial charge in [0, 0.05) is 47.8 Å². The molecule has 2 aromatic heterocycles. The molecule has 1 atom stereocenters. The number of carbonyl (C=O) groups excluding carboxylic acids is 2. The van der Waals surface area contributed by atoms with E-state index in [1.54, 1.807) is 4.90 Å². The number of aromatic nitrogens is 2. The van der Waals surface area contributed by atoms with E-state index in [9.17, 15) is 9.59 Å². The van der Waals surface area contributed by atoms with Gasteiger partial charge in [-0.3, -0.25) is 9.59 Å². The predicted octanol–water partition coefficient (Wildman–Crippen LogP) is 3.51. The fourth-order valence-electron chi connectivity index (χ4n) is 3.69. The number of nitrogens with zero attached hydrogens (tertiary/aromatic N) is 3. The van der Waals surface area contributed by atoms with Crippen molar-refractivity contribution < 1.29 is 14.3 Å². The Morgan fingerprint density at radius 1 is 1.43 bits per heavy atom. The minimum Gasteiger partial charge on any atom is -0.376 e. The maximum Gasteiger partial charge on any atom is 0.282 e. The van der Waals surface area contributed by atoms with Crippen LogP contribution in [-0.4, -0.2) is 57.2 Å². The Bertz CT molecular complexity index is 886. The number of amides is 2. The monoisotopic (exact) mass is 420 g/mol. The average molecular weight is 421 g/mol. The van der Waals surface area contributed by atoms with Crippen molar-refractivity contribution in [2.45, 2.75) is 39.3 Å². The largest absolute Gasteiger partial charge is 0.376 e. The van der Waals surface area contributed by atoms with Crippen LogP contribution in [0.1, 0.15) is 24.2 Å². The smallest absolute Gasteiger partial charge is 0.282 e. The van der Waals surface area contributed by atoms with Gasteiger partial charge in [0.2, 0.25) is 5.91 Å². The third-order valence-corrected chi connectivity index (χ3v) is 6.84. The molecule has 1 unspecified atom stereocenters. The molecule has 0 aliphatic carbocycles. The van der Waals surface area contributed by atoms with Gasteiger partial charge in [0.15, 0.2) is 5.13 Å². The predicted molar refractivity (Wildman–Crippen MR) is 112 cm³/mol. The summed E-state index contributed by atoms with van der Waals surface area (Å²) in [5, 5.41) is 5.31. The third-order valence-electron chi connectivity index (χ3n) is 5.19. The van der Waals surface area contributed by atoms with Crippen molar-refractivity contribution in [3.05, 3.63) is 22.8 Å². The Hall–Kier alpha value is -1.84. The fraction of sp³-hybridized carbons (Fsp3) is 0.526. The Morgan fingerprint density at radius 3 is 3.00 bits per heavy atom. The van der Waals surface area contributed by atoms with Crippen LogP contribution in [0.5, 0.6) is 0 Å². The van der Waals surface area contributed by atoms with E-state index < -0.39 is 0 Å². The molecule has 0 radical (unpaired) electrons. The molecule has 0 spiro atoms. The highest BCUT2D eigenvalue weighted by Gasteiger charge is 2.24. The van der Waals surface area contributed by atoms with E-state index in [1.165, 1.54) is 28.8 Å². The van der Waals surface area contributed by atoms with Crippen molar-refractivity contribution in [1.29, 1.82) is 0 Å². The molecule has 1 N–H and O–H groups in total. The number of thioether (sulfide) groups is 1. The van der Waals surface area contributed by atoms with Crippen molar-refractivity contribution in [3.8, 4) is 11.3 Å². The number of hydrogen-bond acceptors (Lipinski definition) is 6. The number of anilines is 1. The van der Waals surface area contributed by atoms with Crippen molar-refractivity contribution in [1.82, 2.24) is 14.5 Å². The second kappa shape index (κ2) is 8.26. The Labute approximate surface area is 172 Å². The Morgan fingerprint density at radius 2 is 2.29 bits per heavy atom. The lowest BCUT2D eigenvalue weighted by molar-refractivity contribution is -0.116. The molecule has 7 nitrogen and oxygen atoms in total. The highest BCUT2D eigenvalue weighted by Crippen LogP contribution is 2.31. The zero-order valence-electron chi connectivity index (χ0n) is 16.1. The number of hydrogen-bond donors (Lipinski definition) is 1. The summed E-state index contributed by atoms with van der Waals surface area (Å²) in [7, 11) is 0. The molecule has 2 saturated heterocycles. The maximum absolute atomic E-state index is 12.2. The first kappa shape index (κ1) is 19.5. The minimum absolute atomic E-state index is 0.0336. The lowest BCUT2D eigenvalue weighted by Gasteiger charge is -2.14. The van der Waals surface area contributed by atoms with E-state index in [0.29, 0.717) is 11.7 Å². The normalized spacial score (nSPS) is 19.6. The Kier molecular flexibility index (Phi) is 5.75. The summed E-state index contributed by atoms with van der Waals surface area (Å²) in [5.41, 5.74) is 4.29. The Balaban J connectivity index is 1.43. The molecule has 0 bridgehead atoms.